The second kappa shape index (κ2) is 6.29. The van der Waals surface area contributed by atoms with Crippen molar-refractivity contribution >= 4 is 0 Å². The van der Waals surface area contributed by atoms with Crippen molar-refractivity contribution in [1.82, 2.24) is 30.0 Å². The van der Waals surface area contributed by atoms with Gasteiger partial charge in [-0.25, -0.2) is 4.98 Å². The molecule has 1 aliphatic heterocycles. The summed E-state index contributed by atoms with van der Waals surface area (Å²) < 4.78 is 5.50. The predicted molar refractivity (Wildman–Crippen MR) is 83.4 cm³/mol. The molecular weight excluding hydrogens is 292 g/mol. The molecule has 0 spiro atoms. The van der Waals surface area contributed by atoms with Crippen molar-refractivity contribution in [3.05, 3.63) is 48.6 Å². The lowest BCUT2D eigenvalue weighted by atomic mass is 9.98. The van der Waals surface area contributed by atoms with Crippen LogP contribution in [0.25, 0.3) is 11.4 Å². The number of nitrogens with one attached hydrogen (secondary N) is 1. The van der Waals surface area contributed by atoms with Crippen molar-refractivity contribution in [3.63, 3.8) is 0 Å². The van der Waals surface area contributed by atoms with E-state index in [9.17, 15) is 0 Å². The molecule has 1 aliphatic rings. The minimum atomic E-state index is 0.275. The molecule has 4 rings (SSSR count). The second-order valence-corrected chi connectivity index (χ2v) is 5.81. The number of aromatic amines is 1. The smallest absolute Gasteiger partial charge is 0.231 e. The van der Waals surface area contributed by atoms with Crippen molar-refractivity contribution in [2.24, 2.45) is 0 Å². The summed E-state index contributed by atoms with van der Waals surface area (Å²) in [5.41, 5.74) is 0.880. The van der Waals surface area contributed by atoms with Gasteiger partial charge in [-0.05, 0) is 31.5 Å². The lowest BCUT2D eigenvalue weighted by molar-refractivity contribution is 0.177. The summed E-state index contributed by atoms with van der Waals surface area (Å²) in [5.74, 6) is 2.59. The Bertz CT molecular complexity index is 739. The molecule has 3 aromatic heterocycles. The molecule has 0 unspecified atom stereocenters. The van der Waals surface area contributed by atoms with E-state index in [0.717, 1.165) is 43.9 Å². The van der Waals surface area contributed by atoms with E-state index in [1.807, 2.05) is 18.3 Å². The zero-order valence-electron chi connectivity index (χ0n) is 12.7. The van der Waals surface area contributed by atoms with Crippen LogP contribution < -0.4 is 0 Å². The van der Waals surface area contributed by atoms with Crippen molar-refractivity contribution in [2.45, 2.75) is 25.3 Å². The predicted octanol–water partition coefficient (Wildman–Crippen LogP) is 2.23. The summed E-state index contributed by atoms with van der Waals surface area (Å²) in [6, 6.07) is 3.81. The summed E-state index contributed by atoms with van der Waals surface area (Å²) in [6.45, 7) is 2.81. The Morgan fingerprint density at radius 2 is 2.35 bits per heavy atom. The summed E-state index contributed by atoms with van der Waals surface area (Å²) in [6.07, 6.45) is 9.32. The molecule has 7 nitrogen and oxygen atoms in total. The first kappa shape index (κ1) is 14.1. The lowest BCUT2D eigenvalue weighted by Gasteiger charge is -2.30. The van der Waals surface area contributed by atoms with E-state index in [1.54, 1.807) is 18.6 Å². The number of aromatic nitrogens is 5. The standard InChI is InChI=1S/C16H18N6O/c1-3-12(9-17-5-1)15-20-16(23-21-15)13-4-2-8-22(10-13)11-14-18-6-7-19-14/h1,3,5-7,9,13H,2,4,8,10-11H2,(H,18,19)/t13-/m0/s1. The van der Waals surface area contributed by atoms with Gasteiger partial charge in [0.2, 0.25) is 11.7 Å². The highest BCUT2D eigenvalue weighted by molar-refractivity contribution is 5.51. The van der Waals surface area contributed by atoms with E-state index in [-0.39, 0.29) is 5.92 Å². The number of likely N-dealkylation sites (tertiary alicyclic amines) is 1. The van der Waals surface area contributed by atoms with Gasteiger partial charge in [-0.3, -0.25) is 9.88 Å². The number of nitrogens with zero attached hydrogens (tertiary/aromatic N) is 5. The van der Waals surface area contributed by atoms with Gasteiger partial charge in [0.1, 0.15) is 5.82 Å². The molecule has 3 aromatic rings. The maximum absolute atomic E-state index is 5.50. The maximum Gasteiger partial charge on any atom is 0.231 e. The number of hydrogen-bond donors (Lipinski definition) is 1. The summed E-state index contributed by atoms with van der Waals surface area (Å²) in [7, 11) is 0. The molecule has 0 aromatic carbocycles. The Balaban J connectivity index is 1.46. The Morgan fingerprint density at radius 3 is 3.17 bits per heavy atom. The van der Waals surface area contributed by atoms with E-state index < -0.39 is 0 Å². The minimum absolute atomic E-state index is 0.275. The normalized spacial score (nSPS) is 19.0. The molecule has 118 valence electrons. The van der Waals surface area contributed by atoms with Crippen LogP contribution in [0.3, 0.4) is 0 Å². The third-order valence-corrected chi connectivity index (χ3v) is 4.14. The number of pyridine rings is 1. The molecule has 4 heterocycles. The van der Waals surface area contributed by atoms with Crippen molar-refractivity contribution in [2.75, 3.05) is 13.1 Å². The van der Waals surface area contributed by atoms with Gasteiger partial charge in [-0.15, -0.1) is 0 Å². The molecule has 0 bridgehead atoms. The first-order valence-electron chi connectivity index (χ1n) is 7.83. The molecule has 23 heavy (non-hydrogen) atoms. The van der Waals surface area contributed by atoms with Crippen molar-refractivity contribution in [1.29, 1.82) is 0 Å². The van der Waals surface area contributed by atoms with Crippen LogP contribution in [0.4, 0.5) is 0 Å². The summed E-state index contributed by atoms with van der Waals surface area (Å²) in [4.78, 5) is 18.5. The molecular formula is C16H18N6O. The average molecular weight is 310 g/mol. The van der Waals surface area contributed by atoms with Crippen LogP contribution >= 0.6 is 0 Å². The summed E-state index contributed by atoms with van der Waals surface area (Å²) >= 11 is 0. The third-order valence-electron chi connectivity index (χ3n) is 4.14. The molecule has 0 radical (unpaired) electrons. The highest BCUT2D eigenvalue weighted by Gasteiger charge is 2.26. The van der Waals surface area contributed by atoms with E-state index in [2.05, 4.69) is 30.0 Å². The minimum Gasteiger partial charge on any atom is -0.348 e. The van der Waals surface area contributed by atoms with Crippen LogP contribution in [-0.4, -0.2) is 43.1 Å². The number of rotatable bonds is 4. The number of H-pyrrole nitrogens is 1. The Labute approximate surface area is 133 Å². The molecule has 1 N–H and O–H groups in total. The topological polar surface area (TPSA) is 83.7 Å². The molecule has 1 fully saturated rings. The van der Waals surface area contributed by atoms with E-state index >= 15 is 0 Å². The molecule has 0 amide bonds. The van der Waals surface area contributed by atoms with Gasteiger partial charge >= 0.3 is 0 Å². The molecule has 1 atom stereocenters. The average Bonchev–Trinajstić information content (AvgIpc) is 3.28. The van der Waals surface area contributed by atoms with Gasteiger partial charge in [-0.2, -0.15) is 4.98 Å². The SMILES string of the molecule is c1cncc(-c2noc([C@H]3CCCN(Cc4ncc[nH]4)C3)n2)c1. The quantitative estimate of drug-likeness (QED) is 0.795. The fourth-order valence-corrected chi connectivity index (χ4v) is 3.01. The van der Waals surface area contributed by atoms with Crippen LogP contribution in [0.1, 0.15) is 30.5 Å². The zero-order chi connectivity index (χ0) is 15.5. The Hall–Kier alpha value is -2.54. The van der Waals surface area contributed by atoms with Crippen LogP contribution in [0, 0.1) is 0 Å². The maximum atomic E-state index is 5.50. The highest BCUT2D eigenvalue weighted by atomic mass is 16.5. The molecule has 0 saturated carbocycles. The second-order valence-electron chi connectivity index (χ2n) is 5.81. The molecule has 7 heteroatoms. The first-order valence-corrected chi connectivity index (χ1v) is 7.83. The molecule has 0 aliphatic carbocycles. The van der Waals surface area contributed by atoms with Crippen molar-refractivity contribution < 1.29 is 4.52 Å². The largest absolute Gasteiger partial charge is 0.348 e. The monoisotopic (exact) mass is 310 g/mol. The first-order chi connectivity index (χ1) is 11.4. The van der Waals surface area contributed by atoms with Crippen molar-refractivity contribution in [3.8, 4) is 11.4 Å². The highest BCUT2D eigenvalue weighted by Crippen LogP contribution is 2.27. The van der Waals surface area contributed by atoms with Gasteiger partial charge in [0, 0.05) is 36.9 Å². The van der Waals surface area contributed by atoms with Crippen LogP contribution in [0.5, 0.6) is 0 Å². The van der Waals surface area contributed by atoms with E-state index in [4.69, 9.17) is 4.52 Å². The van der Waals surface area contributed by atoms with Gasteiger partial charge in [0.25, 0.3) is 0 Å². The number of hydrogen-bond acceptors (Lipinski definition) is 6. The zero-order valence-corrected chi connectivity index (χ0v) is 12.7. The van der Waals surface area contributed by atoms with Crippen LogP contribution in [0.2, 0.25) is 0 Å². The Morgan fingerprint density at radius 1 is 1.35 bits per heavy atom. The number of piperidine rings is 1. The third kappa shape index (κ3) is 3.14. The van der Waals surface area contributed by atoms with Crippen LogP contribution in [0.15, 0.2) is 41.4 Å². The fraction of sp³-hybridized carbons (Fsp3) is 0.375. The lowest BCUT2D eigenvalue weighted by Crippen LogP contribution is -2.34. The van der Waals surface area contributed by atoms with E-state index in [0.29, 0.717) is 11.7 Å². The summed E-state index contributed by atoms with van der Waals surface area (Å²) in [5, 5.41) is 4.10. The Kier molecular flexibility index (Phi) is 3.85. The fourth-order valence-electron chi connectivity index (χ4n) is 3.01. The van der Waals surface area contributed by atoms with Gasteiger partial charge < -0.3 is 9.51 Å². The van der Waals surface area contributed by atoms with Crippen LogP contribution in [-0.2, 0) is 6.54 Å². The van der Waals surface area contributed by atoms with Gasteiger partial charge in [0.15, 0.2) is 0 Å². The van der Waals surface area contributed by atoms with E-state index in [1.165, 1.54) is 0 Å². The molecule has 1 saturated heterocycles. The van der Waals surface area contributed by atoms with Gasteiger partial charge in [-0.1, -0.05) is 5.16 Å². The number of imidazole rings is 1. The van der Waals surface area contributed by atoms with Gasteiger partial charge in [0.05, 0.1) is 12.5 Å².